The van der Waals surface area contributed by atoms with Crippen molar-refractivity contribution in [3.05, 3.63) is 60.3 Å². The number of H-pyrrole nitrogens is 2. The van der Waals surface area contributed by atoms with Crippen LogP contribution in [0.4, 0.5) is 0 Å². The van der Waals surface area contributed by atoms with Gasteiger partial charge in [-0.05, 0) is 31.5 Å². The maximum atomic E-state index is 12.3. The van der Waals surface area contributed by atoms with E-state index in [0.717, 1.165) is 0 Å². The average molecular weight is 430 g/mol. The van der Waals surface area contributed by atoms with Gasteiger partial charge in [0.25, 0.3) is 5.56 Å². The molecule has 1 atom stereocenters. The number of rotatable bonds is 8. The third-order valence-corrected chi connectivity index (χ3v) is 4.47. The molecular formula is C18H21Cl2N3O5. The van der Waals surface area contributed by atoms with Crippen LogP contribution in [0.3, 0.4) is 0 Å². The molecule has 152 valence electrons. The monoisotopic (exact) mass is 429 g/mol. The Morgan fingerprint density at radius 2 is 1.86 bits per heavy atom. The van der Waals surface area contributed by atoms with Gasteiger partial charge in [-0.15, -0.1) is 0 Å². The summed E-state index contributed by atoms with van der Waals surface area (Å²) in [5, 5.41) is 10.9. The number of aliphatic hydroxyl groups excluding tert-OH is 1. The molecule has 1 aromatic carbocycles. The fourth-order valence-electron chi connectivity index (χ4n) is 2.62. The van der Waals surface area contributed by atoms with E-state index in [-0.39, 0.29) is 31.9 Å². The summed E-state index contributed by atoms with van der Waals surface area (Å²) < 4.78 is 5.45. The molecule has 0 fully saturated rings. The molecule has 10 heteroatoms. The van der Waals surface area contributed by atoms with E-state index in [2.05, 4.69) is 9.97 Å². The number of aryl methyl sites for hydroxylation is 1. The molecule has 1 amide bonds. The summed E-state index contributed by atoms with van der Waals surface area (Å²) in [5.74, 6) is 0.160. The van der Waals surface area contributed by atoms with Gasteiger partial charge in [0, 0.05) is 41.3 Å². The Labute approximate surface area is 171 Å². The van der Waals surface area contributed by atoms with Crippen LogP contribution in [-0.4, -0.2) is 52.2 Å². The normalized spacial score (nSPS) is 11.9. The second kappa shape index (κ2) is 9.77. The number of benzene rings is 1. The standard InChI is InChI=1S/C18H21Cl2N3O5/c1-10-15(17(26)22-18(27)21-10)3-4-16(25)23(2)8-13(24)9-28-14-6-11(19)5-12(20)7-14/h5-7,13,24H,3-4,8-9H2,1-2H3,(H2,21,22,26,27). The van der Waals surface area contributed by atoms with Gasteiger partial charge in [0.15, 0.2) is 0 Å². The first-order chi connectivity index (χ1) is 13.2. The van der Waals surface area contributed by atoms with Crippen LogP contribution in [-0.2, 0) is 11.2 Å². The molecule has 28 heavy (non-hydrogen) atoms. The summed E-state index contributed by atoms with van der Waals surface area (Å²) in [4.78, 5) is 41.3. The number of amides is 1. The first kappa shape index (κ1) is 22.0. The second-order valence-electron chi connectivity index (χ2n) is 6.36. The zero-order valence-electron chi connectivity index (χ0n) is 15.4. The lowest BCUT2D eigenvalue weighted by molar-refractivity contribution is -0.131. The van der Waals surface area contributed by atoms with Gasteiger partial charge in [0.05, 0.1) is 0 Å². The number of carbonyl (C=O) groups is 1. The number of ether oxygens (including phenoxy) is 1. The van der Waals surface area contributed by atoms with Crippen LogP contribution in [0.1, 0.15) is 17.7 Å². The topological polar surface area (TPSA) is 115 Å². The highest BCUT2D eigenvalue weighted by atomic mass is 35.5. The zero-order valence-corrected chi connectivity index (χ0v) is 16.9. The lowest BCUT2D eigenvalue weighted by atomic mass is 10.1. The summed E-state index contributed by atoms with van der Waals surface area (Å²) in [7, 11) is 1.55. The summed E-state index contributed by atoms with van der Waals surface area (Å²) >= 11 is 11.8. The van der Waals surface area contributed by atoms with Crippen molar-refractivity contribution >= 4 is 29.1 Å². The number of aromatic amines is 2. The Hall–Kier alpha value is -2.29. The van der Waals surface area contributed by atoms with Gasteiger partial charge in [-0.25, -0.2) is 4.79 Å². The van der Waals surface area contributed by atoms with Crippen molar-refractivity contribution in [3.63, 3.8) is 0 Å². The Morgan fingerprint density at radius 1 is 1.21 bits per heavy atom. The number of hydrogen-bond acceptors (Lipinski definition) is 5. The minimum Gasteiger partial charge on any atom is -0.491 e. The van der Waals surface area contributed by atoms with Gasteiger partial charge in [-0.3, -0.25) is 14.6 Å². The molecule has 1 heterocycles. The minimum absolute atomic E-state index is 0.0486. The molecule has 2 aromatic rings. The van der Waals surface area contributed by atoms with Crippen LogP contribution in [0.25, 0.3) is 0 Å². The van der Waals surface area contributed by atoms with Crippen LogP contribution >= 0.6 is 23.2 Å². The number of halogens is 2. The molecule has 3 N–H and O–H groups in total. The summed E-state index contributed by atoms with van der Waals surface area (Å²) in [6.07, 6.45) is -0.691. The summed E-state index contributed by atoms with van der Waals surface area (Å²) in [6.45, 7) is 1.60. The molecule has 0 aliphatic carbocycles. The largest absolute Gasteiger partial charge is 0.491 e. The molecule has 0 radical (unpaired) electrons. The number of hydrogen-bond donors (Lipinski definition) is 3. The zero-order chi connectivity index (χ0) is 20.8. The smallest absolute Gasteiger partial charge is 0.325 e. The van der Waals surface area contributed by atoms with Crippen molar-refractivity contribution in [3.8, 4) is 5.75 Å². The van der Waals surface area contributed by atoms with Crippen LogP contribution in [0.15, 0.2) is 27.8 Å². The van der Waals surface area contributed by atoms with Crippen molar-refractivity contribution < 1.29 is 14.6 Å². The van der Waals surface area contributed by atoms with Gasteiger partial charge in [-0.1, -0.05) is 23.2 Å². The highest BCUT2D eigenvalue weighted by molar-refractivity contribution is 6.34. The number of aliphatic hydroxyl groups is 1. The lowest BCUT2D eigenvalue weighted by Crippen LogP contribution is -2.37. The van der Waals surface area contributed by atoms with Crippen molar-refractivity contribution in [2.75, 3.05) is 20.2 Å². The maximum absolute atomic E-state index is 12.3. The Morgan fingerprint density at radius 3 is 2.46 bits per heavy atom. The fourth-order valence-corrected chi connectivity index (χ4v) is 3.13. The first-order valence-corrected chi connectivity index (χ1v) is 9.24. The van der Waals surface area contributed by atoms with Gasteiger partial charge in [-0.2, -0.15) is 0 Å². The Kier molecular flexibility index (Phi) is 7.68. The van der Waals surface area contributed by atoms with Crippen LogP contribution in [0, 0.1) is 6.92 Å². The summed E-state index contributed by atoms with van der Waals surface area (Å²) in [5.41, 5.74) is -0.315. The highest BCUT2D eigenvalue weighted by Crippen LogP contribution is 2.24. The van der Waals surface area contributed by atoms with E-state index in [4.69, 9.17) is 27.9 Å². The molecule has 1 aromatic heterocycles. The average Bonchev–Trinajstić information content (AvgIpc) is 2.58. The van der Waals surface area contributed by atoms with E-state index >= 15 is 0 Å². The molecule has 0 saturated carbocycles. The van der Waals surface area contributed by atoms with Crippen molar-refractivity contribution in [2.45, 2.75) is 25.9 Å². The minimum atomic E-state index is -0.926. The second-order valence-corrected chi connectivity index (χ2v) is 7.23. The molecule has 8 nitrogen and oxygen atoms in total. The fraction of sp³-hybridized carbons (Fsp3) is 0.389. The number of aromatic nitrogens is 2. The third-order valence-electron chi connectivity index (χ3n) is 4.03. The van der Waals surface area contributed by atoms with Crippen molar-refractivity contribution in [1.29, 1.82) is 0 Å². The molecule has 0 bridgehead atoms. The number of carbonyl (C=O) groups excluding carboxylic acids is 1. The van der Waals surface area contributed by atoms with Gasteiger partial charge in [0.2, 0.25) is 5.91 Å². The Balaban J connectivity index is 1.84. The number of nitrogens with one attached hydrogen (secondary N) is 2. The molecule has 2 rings (SSSR count). The van der Waals surface area contributed by atoms with E-state index in [0.29, 0.717) is 27.1 Å². The van der Waals surface area contributed by atoms with E-state index in [9.17, 15) is 19.5 Å². The van der Waals surface area contributed by atoms with E-state index in [1.54, 1.807) is 32.2 Å². The van der Waals surface area contributed by atoms with E-state index < -0.39 is 17.4 Å². The predicted octanol–water partition coefficient (Wildman–Crippen LogP) is 1.51. The summed E-state index contributed by atoms with van der Waals surface area (Å²) in [6, 6.07) is 4.70. The van der Waals surface area contributed by atoms with Gasteiger partial charge < -0.3 is 19.7 Å². The van der Waals surface area contributed by atoms with Crippen molar-refractivity contribution in [2.24, 2.45) is 0 Å². The molecule has 0 aliphatic rings. The quantitative estimate of drug-likeness (QED) is 0.587. The molecular weight excluding hydrogens is 409 g/mol. The Bertz CT molecular complexity index is 937. The van der Waals surface area contributed by atoms with E-state index in [1.165, 1.54) is 4.90 Å². The molecule has 0 aliphatic heterocycles. The first-order valence-electron chi connectivity index (χ1n) is 8.48. The van der Waals surface area contributed by atoms with Gasteiger partial charge >= 0.3 is 5.69 Å². The van der Waals surface area contributed by atoms with Crippen LogP contribution < -0.4 is 16.0 Å². The maximum Gasteiger partial charge on any atom is 0.325 e. The van der Waals surface area contributed by atoms with Crippen LogP contribution in [0.5, 0.6) is 5.75 Å². The van der Waals surface area contributed by atoms with Crippen molar-refractivity contribution in [1.82, 2.24) is 14.9 Å². The van der Waals surface area contributed by atoms with E-state index in [1.807, 2.05) is 0 Å². The molecule has 0 saturated heterocycles. The SMILES string of the molecule is Cc1[nH]c(=O)[nH]c(=O)c1CCC(=O)N(C)CC(O)COc1cc(Cl)cc(Cl)c1. The van der Waals surface area contributed by atoms with Crippen LogP contribution in [0.2, 0.25) is 10.0 Å². The van der Waals surface area contributed by atoms with Gasteiger partial charge in [0.1, 0.15) is 18.5 Å². The molecule has 0 spiro atoms. The predicted molar refractivity (Wildman–Crippen MR) is 106 cm³/mol. The lowest BCUT2D eigenvalue weighted by Gasteiger charge is -2.21. The molecule has 1 unspecified atom stereocenters. The number of likely N-dealkylation sites (N-methyl/N-ethyl adjacent to an activating group) is 1. The third kappa shape index (κ3) is 6.40. The number of nitrogens with zero attached hydrogens (tertiary/aromatic N) is 1. The highest BCUT2D eigenvalue weighted by Gasteiger charge is 2.16.